The highest BCUT2D eigenvalue weighted by atomic mass is 35.5. The zero-order valence-corrected chi connectivity index (χ0v) is 11.9. The van der Waals surface area contributed by atoms with Crippen LogP contribution >= 0.6 is 11.6 Å². The Hall–Kier alpha value is -2.48. The van der Waals surface area contributed by atoms with Crippen LogP contribution in [-0.4, -0.2) is 31.0 Å². The number of aromatic carboxylic acids is 1. The van der Waals surface area contributed by atoms with Crippen molar-refractivity contribution in [2.24, 2.45) is 0 Å². The molecule has 1 N–H and O–H groups in total. The third-order valence-corrected chi connectivity index (χ3v) is 3.13. The maximum absolute atomic E-state index is 11.2. The summed E-state index contributed by atoms with van der Waals surface area (Å²) in [5, 5.41) is 27.2. The number of carbonyl (C=O) groups is 1. The average molecular weight is 311 g/mol. The minimum Gasteiger partial charge on any atom is -0.476 e. The fourth-order valence-corrected chi connectivity index (χ4v) is 2.17. The summed E-state index contributed by atoms with van der Waals surface area (Å²) in [7, 11) is 0. The number of nitro groups is 1. The summed E-state index contributed by atoms with van der Waals surface area (Å²) in [6, 6.07) is 4.03. The summed E-state index contributed by atoms with van der Waals surface area (Å²) >= 11 is 5.86. The van der Waals surface area contributed by atoms with Crippen molar-refractivity contribution < 1.29 is 14.8 Å². The van der Waals surface area contributed by atoms with E-state index >= 15 is 0 Å². The van der Waals surface area contributed by atoms with Crippen molar-refractivity contribution in [3.8, 4) is 5.69 Å². The average Bonchev–Trinajstić information content (AvgIpc) is 2.82. The second-order valence-electron chi connectivity index (χ2n) is 4.59. The second kappa shape index (κ2) is 5.49. The van der Waals surface area contributed by atoms with E-state index in [1.807, 2.05) is 0 Å². The monoisotopic (exact) mass is 310 g/mol. The smallest absolute Gasteiger partial charge is 0.358 e. The van der Waals surface area contributed by atoms with Gasteiger partial charge in [0.1, 0.15) is 5.02 Å². The van der Waals surface area contributed by atoms with E-state index < -0.39 is 10.9 Å². The molecule has 21 heavy (non-hydrogen) atoms. The third-order valence-electron chi connectivity index (χ3n) is 2.83. The molecule has 0 saturated carbocycles. The number of rotatable bonds is 4. The van der Waals surface area contributed by atoms with Crippen LogP contribution in [0.5, 0.6) is 0 Å². The summed E-state index contributed by atoms with van der Waals surface area (Å²) in [5.41, 5.74) is 0.422. The lowest BCUT2D eigenvalue weighted by atomic mass is 10.1. The number of carboxylic acid groups (broad SMARTS) is 1. The lowest BCUT2D eigenvalue weighted by molar-refractivity contribution is -0.384. The highest BCUT2D eigenvalue weighted by Crippen LogP contribution is 2.28. The molecule has 8 nitrogen and oxygen atoms in total. The molecule has 9 heteroatoms. The normalized spacial score (nSPS) is 10.9. The first-order valence-corrected chi connectivity index (χ1v) is 6.34. The van der Waals surface area contributed by atoms with Crippen LogP contribution in [0, 0.1) is 10.1 Å². The van der Waals surface area contributed by atoms with Gasteiger partial charge in [-0.05, 0) is 18.1 Å². The summed E-state index contributed by atoms with van der Waals surface area (Å²) in [5.74, 6) is -1.34. The quantitative estimate of drug-likeness (QED) is 0.686. The zero-order chi connectivity index (χ0) is 15.7. The molecular weight excluding hydrogens is 300 g/mol. The van der Waals surface area contributed by atoms with E-state index in [2.05, 4.69) is 10.3 Å². The predicted octanol–water partition coefficient (Wildman–Crippen LogP) is 2.65. The Labute approximate surface area is 124 Å². The molecule has 0 spiro atoms. The Balaban J connectivity index is 2.60. The molecule has 0 amide bonds. The van der Waals surface area contributed by atoms with Gasteiger partial charge in [0.2, 0.25) is 0 Å². The van der Waals surface area contributed by atoms with Crippen molar-refractivity contribution in [3.05, 3.63) is 44.7 Å². The Morgan fingerprint density at radius 1 is 1.48 bits per heavy atom. The molecule has 0 aliphatic rings. The first kappa shape index (κ1) is 14.9. The lowest BCUT2D eigenvalue weighted by Gasteiger charge is -2.10. The molecule has 0 bridgehead atoms. The fourth-order valence-electron chi connectivity index (χ4n) is 1.93. The number of aromatic nitrogens is 3. The van der Waals surface area contributed by atoms with Gasteiger partial charge in [-0.1, -0.05) is 30.7 Å². The number of hydrogen-bond donors (Lipinski definition) is 1. The van der Waals surface area contributed by atoms with Gasteiger partial charge in [0, 0.05) is 6.07 Å². The van der Waals surface area contributed by atoms with Gasteiger partial charge in [0.25, 0.3) is 5.69 Å². The molecule has 110 valence electrons. The molecule has 1 heterocycles. The molecule has 2 aromatic rings. The first-order chi connectivity index (χ1) is 9.82. The Kier molecular flexibility index (Phi) is 3.90. The maximum atomic E-state index is 11.2. The highest BCUT2D eigenvalue weighted by Gasteiger charge is 2.23. The summed E-state index contributed by atoms with van der Waals surface area (Å²) in [6.45, 7) is 3.60. The van der Waals surface area contributed by atoms with Gasteiger partial charge in [-0.2, -0.15) is 0 Å². The number of hydrogen-bond acceptors (Lipinski definition) is 5. The Morgan fingerprint density at radius 3 is 2.62 bits per heavy atom. The van der Waals surface area contributed by atoms with E-state index in [1.165, 1.54) is 22.9 Å². The fraction of sp³-hybridized carbons (Fsp3) is 0.250. The Morgan fingerprint density at radius 2 is 2.14 bits per heavy atom. The van der Waals surface area contributed by atoms with Crippen molar-refractivity contribution in [2.75, 3.05) is 0 Å². The number of benzene rings is 1. The minimum absolute atomic E-state index is 0.0559. The standard InChI is InChI=1S/C12H11ClN4O4/c1-6(2)11-10(12(18)19)14-15-16(11)7-3-4-9(17(20)21)8(13)5-7/h3-6H,1-2H3,(H,18,19). The molecule has 1 aromatic heterocycles. The first-order valence-electron chi connectivity index (χ1n) is 5.96. The van der Waals surface area contributed by atoms with Gasteiger partial charge >= 0.3 is 5.97 Å². The molecule has 0 fully saturated rings. The molecule has 0 radical (unpaired) electrons. The van der Waals surface area contributed by atoms with E-state index in [-0.39, 0.29) is 22.3 Å². The topological polar surface area (TPSA) is 111 Å². The van der Waals surface area contributed by atoms with Crippen LogP contribution in [-0.2, 0) is 0 Å². The van der Waals surface area contributed by atoms with Gasteiger partial charge in [0.15, 0.2) is 5.69 Å². The SMILES string of the molecule is CC(C)c1c(C(=O)O)nnn1-c1ccc([N+](=O)[O-])c(Cl)c1. The van der Waals surface area contributed by atoms with Crippen molar-refractivity contribution in [2.45, 2.75) is 19.8 Å². The summed E-state index contributed by atoms with van der Waals surface area (Å²) < 4.78 is 1.32. The van der Waals surface area contributed by atoms with Crippen molar-refractivity contribution in [1.29, 1.82) is 0 Å². The van der Waals surface area contributed by atoms with Gasteiger partial charge in [0.05, 0.1) is 16.3 Å². The van der Waals surface area contributed by atoms with Gasteiger partial charge < -0.3 is 5.11 Å². The van der Waals surface area contributed by atoms with E-state index in [0.29, 0.717) is 11.4 Å². The zero-order valence-electron chi connectivity index (χ0n) is 11.1. The molecule has 0 unspecified atom stereocenters. The van der Waals surface area contributed by atoms with Crippen LogP contribution in [0.2, 0.25) is 5.02 Å². The number of carboxylic acids is 1. The third kappa shape index (κ3) is 2.70. The van der Waals surface area contributed by atoms with Gasteiger partial charge in [-0.15, -0.1) is 5.10 Å². The van der Waals surface area contributed by atoms with Gasteiger partial charge in [-0.3, -0.25) is 10.1 Å². The maximum Gasteiger partial charge on any atom is 0.358 e. The molecule has 0 saturated heterocycles. The van der Waals surface area contributed by atoms with Crippen LogP contribution in [0.4, 0.5) is 5.69 Å². The molecule has 0 atom stereocenters. The second-order valence-corrected chi connectivity index (χ2v) is 4.99. The molecule has 0 aliphatic carbocycles. The molecule has 0 aliphatic heterocycles. The van der Waals surface area contributed by atoms with E-state index in [1.54, 1.807) is 13.8 Å². The Bertz CT molecular complexity index is 726. The molecular formula is C12H11ClN4O4. The van der Waals surface area contributed by atoms with Crippen molar-refractivity contribution in [3.63, 3.8) is 0 Å². The van der Waals surface area contributed by atoms with Crippen molar-refractivity contribution >= 4 is 23.3 Å². The van der Waals surface area contributed by atoms with Gasteiger partial charge in [-0.25, -0.2) is 9.48 Å². The lowest BCUT2D eigenvalue weighted by Crippen LogP contribution is -2.08. The highest BCUT2D eigenvalue weighted by molar-refractivity contribution is 6.32. The predicted molar refractivity (Wildman–Crippen MR) is 74.1 cm³/mol. The minimum atomic E-state index is -1.18. The largest absolute Gasteiger partial charge is 0.476 e. The van der Waals surface area contributed by atoms with Crippen LogP contribution in [0.3, 0.4) is 0 Å². The number of halogens is 1. The number of nitro benzene ring substituents is 1. The summed E-state index contributed by atoms with van der Waals surface area (Å²) in [4.78, 5) is 21.3. The van der Waals surface area contributed by atoms with E-state index in [4.69, 9.17) is 16.7 Å². The van der Waals surface area contributed by atoms with E-state index in [9.17, 15) is 14.9 Å². The summed E-state index contributed by atoms with van der Waals surface area (Å²) in [6.07, 6.45) is 0. The van der Waals surface area contributed by atoms with Crippen molar-refractivity contribution in [1.82, 2.24) is 15.0 Å². The van der Waals surface area contributed by atoms with Crippen LogP contribution in [0.15, 0.2) is 18.2 Å². The van der Waals surface area contributed by atoms with Crippen LogP contribution in [0.1, 0.15) is 35.9 Å². The van der Waals surface area contributed by atoms with E-state index in [0.717, 1.165) is 0 Å². The molecule has 2 rings (SSSR count). The number of nitrogens with zero attached hydrogens (tertiary/aromatic N) is 4. The van der Waals surface area contributed by atoms with Crippen LogP contribution < -0.4 is 0 Å². The molecule has 1 aromatic carbocycles. The van der Waals surface area contributed by atoms with Crippen LogP contribution in [0.25, 0.3) is 5.69 Å².